The van der Waals surface area contributed by atoms with Crippen LogP contribution < -0.4 is 11.4 Å². The van der Waals surface area contributed by atoms with Gasteiger partial charge in [-0.15, -0.1) is 0 Å². The summed E-state index contributed by atoms with van der Waals surface area (Å²) >= 11 is 0. The predicted octanol–water partition coefficient (Wildman–Crippen LogP) is -2.20. The van der Waals surface area contributed by atoms with Gasteiger partial charge in [-0.1, -0.05) is 0 Å². The van der Waals surface area contributed by atoms with Gasteiger partial charge in [0.25, 0.3) is 0 Å². The Labute approximate surface area is 102 Å². The highest BCUT2D eigenvalue weighted by Crippen LogP contribution is 2.30. The van der Waals surface area contributed by atoms with Crippen molar-refractivity contribution in [1.82, 2.24) is 9.55 Å². The lowest BCUT2D eigenvalue weighted by atomic mass is 9.94. The first-order chi connectivity index (χ1) is 8.55. The van der Waals surface area contributed by atoms with Gasteiger partial charge in [-0.05, 0) is 6.07 Å². The van der Waals surface area contributed by atoms with Crippen LogP contribution in [-0.4, -0.2) is 45.2 Å². The standard InChI is InChI=1S/C10H12N4O4/c11-4-10(5-18-6(3-15)8(10)16)14-2-1-7(12)13-9(14)17/h1-2,6,8,15-16H,3,5H2,(H2,12,13,17)/t6-,8-,10-/m1/s1. The van der Waals surface area contributed by atoms with E-state index in [0.717, 1.165) is 4.57 Å². The summed E-state index contributed by atoms with van der Waals surface area (Å²) in [6.45, 7) is -0.650. The number of rotatable bonds is 2. The Balaban J connectivity index is 2.53. The molecule has 1 aromatic heterocycles. The van der Waals surface area contributed by atoms with Crippen LogP contribution in [0.15, 0.2) is 17.1 Å². The van der Waals surface area contributed by atoms with Gasteiger partial charge in [0.1, 0.15) is 18.0 Å². The Morgan fingerprint density at radius 2 is 2.50 bits per heavy atom. The SMILES string of the molecule is N#C[C@@]1(n2ccc(N)nc2=O)CO[C@H](CO)[C@H]1O. The molecule has 8 heteroatoms. The Morgan fingerprint density at radius 3 is 3.00 bits per heavy atom. The average molecular weight is 252 g/mol. The molecule has 0 saturated carbocycles. The van der Waals surface area contributed by atoms with Crippen molar-refractivity contribution in [3.63, 3.8) is 0 Å². The molecule has 1 fully saturated rings. The van der Waals surface area contributed by atoms with Crippen molar-refractivity contribution in [1.29, 1.82) is 5.26 Å². The van der Waals surface area contributed by atoms with Gasteiger partial charge in [0, 0.05) is 6.20 Å². The van der Waals surface area contributed by atoms with Crippen LogP contribution in [0.25, 0.3) is 0 Å². The largest absolute Gasteiger partial charge is 0.394 e. The lowest BCUT2D eigenvalue weighted by molar-refractivity contribution is -0.000978. The summed E-state index contributed by atoms with van der Waals surface area (Å²) in [5.74, 6) is 0.0245. The molecule has 0 unspecified atom stereocenters. The van der Waals surface area contributed by atoms with Crippen molar-refractivity contribution in [3.8, 4) is 6.07 Å². The average Bonchev–Trinajstić information content (AvgIpc) is 2.67. The normalized spacial score (nSPS) is 31.2. The number of nitrogen functional groups attached to an aromatic ring is 1. The fourth-order valence-electron chi connectivity index (χ4n) is 1.95. The topological polar surface area (TPSA) is 134 Å². The highest BCUT2D eigenvalue weighted by atomic mass is 16.5. The van der Waals surface area contributed by atoms with Crippen LogP contribution in [-0.2, 0) is 10.3 Å². The summed E-state index contributed by atoms with van der Waals surface area (Å²) in [6.07, 6.45) is -0.954. The third-order valence-electron chi connectivity index (χ3n) is 2.99. The molecule has 4 N–H and O–H groups in total. The Kier molecular flexibility index (Phi) is 3.04. The summed E-state index contributed by atoms with van der Waals surface area (Å²) in [5, 5.41) is 28.3. The van der Waals surface area contributed by atoms with Crippen LogP contribution in [0, 0.1) is 11.3 Å². The maximum absolute atomic E-state index is 11.7. The van der Waals surface area contributed by atoms with Crippen LogP contribution >= 0.6 is 0 Å². The van der Waals surface area contributed by atoms with Crippen molar-refractivity contribution >= 4 is 5.82 Å². The Morgan fingerprint density at radius 1 is 1.78 bits per heavy atom. The maximum atomic E-state index is 11.7. The number of aromatic nitrogens is 2. The van der Waals surface area contributed by atoms with Crippen molar-refractivity contribution in [2.75, 3.05) is 18.9 Å². The van der Waals surface area contributed by atoms with Crippen molar-refractivity contribution < 1.29 is 14.9 Å². The molecule has 1 aromatic rings. The van der Waals surface area contributed by atoms with Gasteiger partial charge in [-0.25, -0.2) is 4.79 Å². The minimum absolute atomic E-state index is 0.0245. The van der Waals surface area contributed by atoms with Gasteiger partial charge in [0.05, 0.1) is 19.3 Å². The molecule has 0 amide bonds. The van der Waals surface area contributed by atoms with Gasteiger partial charge >= 0.3 is 5.69 Å². The lowest BCUT2D eigenvalue weighted by Gasteiger charge is -2.26. The van der Waals surface area contributed by atoms with E-state index in [-0.39, 0.29) is 12.4 Å². The summed E-state index contributed by atoms with van der Waals surface area (Å²) in [4.78, 5) is 15.2. The molecule has 0 spiro atoms. The molecule has 0 bridgehead atoms. The van der Waals surface area contributed by atoms with E-state index in [4.69, 9.17) is 15.6 Å². The Hall–Kier alpha value is -1.95. The van der Waals surface area contributed by atoms with Gasteiger partial charge < -0.3 is 20.7 Å². The number of nitriles is 1. The molecule has 1 saturated heterocycles. The predicted molar refractivity (Wildman–Crippen MR) is 59.3 cm³/mol. The number of aliphatic hydroxyl groups excluding tert-OH is 2. The highest BCUT2D eigenvalue weighted by molar-refractivity contribution is 5.26. The third-order valence-corrected chi connectivity index (χ3v) is 2.99. The first-order valence-corrected chi connectivity index (χ1v) is 5.22. The van der Waals surface area contributed by atoms with E-state index in [0.29, 0.717) is 0 Å². The zero-order valence-electron chi connectivity index (χ0n) is 9.35. The van der Waals surface area contributed by atoms with Crippen LogP contribution in [0.4, 0.5) is 5.82 Å². The molecule has 96 valence electrons. The summed E-state index contributed by atoms with van der Waals surface area (Å²) in [7, 11) is 0. The third kappa shape index (κ3) is 1.65. The summed E-state index contributed by atoms with van der Waals surface area (Å²) in [5.41, 5.74) is 3.01. The molecular weight excluding hydrogens is 240 g/mol. The molecule has 0 radical (unpaired) electrons. The van der Waals surface area contributed by atoms with E-state index in [2.05, 4.69) is 4.98 Å². The second-order valence-corrected chi connectivity index (χ2v) is 4.02. The summed E-state index contributed by atoms with van der Waals surface area (Å²) < 4.78 is 6.10. The molecule has 1 aliphatic rings. The van der Waals surface area contributed by atoms with Gasteiger partial charge in [-0.2, -0.15) is 10.2 Å². The molecule has 18 heavy (non-hydrogen) atoms. The number of anilines is 1. The summed E-state index contributed by atoms with van der Waals surface area (Å²) in [6, 6.07) is 3.21. The molecule has 1 aliphatic heterocycles. The molecule has 8 nitrogen and oxygen atoms in total. The lowest BCUT2D eigenvalue weighted by Crippen LogP contribution is -2.50. The number of aliphatic hydroxyl groups is 2. The number of hydrogen-bond acceptors (Lipinski definition) is 7. The monoisotopic (exact) mass is 252 g/mol. The minimum atomic E-state index is -1.59. The maximum Gasteiger partial charge on any atom is 0.351 e. The minimum Gasteiger partial charge on any atom is -0.394 e. The zero-order chi connectivity index (χ0) is 13.3. The van der Waals surface area contributed by atoms with E-state index in [1.165, 1.54) is 12.3 Å². The van der Waals surface area contributed by atoms with E-state index in [9.17, 15) is 15.2 Å². The van der Waals surface area contributed by atoms with Crippen LogP contribution in [0.5, 0.6) is 0 Å². The Bertz CT molecular complexity index is 552. The van der Waals surface area contributed by atoms with Gasteiger partial charge in [-0.3, -0.25) is 4.57 Å². The highest BCUT2D eigenvalue weighted by Gasteiger charge is 2.51. The first kappa shape index (κ1) is 12.5. The quantitative estimate of drug-likeness (QED) is 0.543. The number of hydrogen-bond donors (Lipinski definition) is 3. The van der Waals surface area contributed by atoms with Gasteiger partial charge in [0.15, 0.2) is 5.54 Å². The fourth-order valence-corrected chi connectivity index (χ4v) is 1.95. The van der Waals surface area contributed by atoms with Crippen molar-refractivity contribution in [3.05, 3.63) is 22.7 Å². The van der Waals surface area contributed by atoms with E-state index >= 15 is 0 Å². The van der Waals surface area contributed by atoms with Crippen LogP contribution in [0.2, 0.25) is 0 Å². The fraction of sp³-hybridized carbons (Fsp3) is 0.500. The van der Waals surface area contributed by atoms with E-state index in [1.807, 2.05) is 6.07 Å². The van der Waals surface area contributed by atoms with Crippen LogP contribution in [0.3, 0.4) is 0 Å². The number of nitrogens with zero attached hydrogens (tertiary/aromatic N) is 3. The second kappa shape index (κ2) is 4.38. The molecule has 2 rings (SSSR count). The first-order valence-electron chi connectivity index (χ1n) is 5.22. The zero-order valence-corrected chi connectivity index (χ0v) is 9.35. The number of ether oxygens (including phenoxy) is 1. The van der Waals surface area contributed by atoms with E-state index in [1.54, 1.807) is 0 Å². The van der Waals surface area contributed by atoms with Crippen molar-refractivity contribution in [2.45, 2.75) is 17.7 Å². The number of nitrogens with two attached hydrogens (primary N) is 1. The van der Waals surface area contributed by atoms with Gasteiger partial charge in [0.2, 0.25) is 0 Å². The van der Waals surface area contributed by atoms with Crippen LogP contribution in [0.1, 0.15) is 0 Å². The molecule has 0 aromatic carbocycles. The molecule has 3 atom stereocenters. The molecular formula is C10H12N4O4. The second-order valence-electron chi connectivity index (χ2n) is 4.02. The van der Waals surface area contributed by atoms with Crippen molar-refractivity contribution in [2.24, 2.45) is 0 Å². The smallest absolute Gasteiger partial charge is 0.351 e. The molecule has 0 aliphatic carbocycles. The molecule has 2 heterocycles. The van der Waals surface area contributed by atoms with E-state index < -0.39 is 30.0 Å².